The van der Waals surface area contributed by atoms with E-state index in [1.54, 1.807) is 0 Å². The summed E-state index contributed by atoms with van der Waals surface area (Å²) in [5.74, 6) is 0. The van der Waals surface area contributed by atoms with Crippen molar-refractivity contribution in [1.82, 2.24) is 9.97 Å². The van der Waals surface area contributed by atoms with Gasteiger partial charge >= 0.3 is 0 Å². The van der Waals surface area contributed by atoms with E-state index in [1.165, 1.54) is 16.6 Å². The highest BCUT2D eigenvalue weighted by molar-refractivity contribution is 5.81. The zero-order chi connectivity index (χ0) is 12.8. The van der Waals surface area contributed by atoms with Crippen molar-refractivity contribution in [2.24, 2.45) is 0 Å². The highest BCUT2D eigenvalue weighted by atomic mass is 14.8. The standard InChI is InChI=1S/C15H22N2/c1-14(2,3)10-9-17-11-7-8-16-13(11)12(10)15(4,5)6/h7-9,16H,1-6H3. The molecule has 0 aromatic carbocycles. The highest BCUT2D eigenvalue weighted by Gasteiger charge is 2.27. The van der Waals surface area contributed by atoms with E-state index >= 15 is 0 Å². The number of pyridine rings is 1. The molecule has 0 fully saturated rings. The van der Waals surface area contributed by atoms with Crippen molar-refractivity contribution in [2.45, 2.75) is 52.4 Å². The lowest BCUT2D eigenvalue weighted by Crippen LogP contribution is -2.22. The molecule has 17 heavy (non-hydrogen) atoms. The van der Waals surface area contributed by atoms with Crippen molar-refractivity contribution < 1.29 is 0 Å². The first kappa shape index (κ1) is 12.2. The maximum absolute atomic E-state index is 4.55. The molecular formula is C15H22N2. The number of hydrogen-bond acceptors (Lipinski definition) is 1. The van der Waals surface area contributed by atoms with Gasteiger partial charge in [0.25, 0.3) is 0 Å². The number of aromatic amines is 1. The van der Waals surface area contributed by atoms with Crippen LogP contribution < -0.4 is 0 Å². The molecule has 0 amide bonds. The molecule has 0 radical (unpaired) electrons. The Labute approximate surface area is 103 Å². The van der Waals surface area contributed by atoms with E-state index in [-0.39, 0.29) is 10.8 Å². The Morgan fingerprint density at radius 3 is 2.18 bits per heavy atom. The molecule has 0 unspecified atom stereocenters. The van der Waals surface area contributed by atoms with Crippen LogP contribution in [0.3, 0.4) is 0 Å². The van der Waals surface area contributed by atoms with Crippen molar-refractivity contribution in [3.05, 3.63) is 29.6 Å². The summed E-state index contributed by atoms with van der Waals surface area (Å²) in [4.78, 5) is 7.90. The Hall–Kier alpha value is -1.31. The molecule has 2 aromatic rings. The lowest BCUT2D eigenvalue weighted by atomic mass is 9.75. The fraction of sp³-hybridized carbons (Fsp3) is 0.533. The van der Waals surface area contributed by atoms with Gasteiger partial charge in [-0.25, -0.2) is 0 Å². The summed E-state index contributed by atoms with van der Waals surface area (Å²) in [5, 5.41) is 0. The summed E-state index contributed by atoms with van der Waals surface area (Å²) in [6.45, 7) is 13.5. The molecule has 1 N–H and O–H groups in total. The van der Waals surface area contributed by atoms with E-state index in [4.69, 9.17) is 0 Å². The summed E-state index contributed by atoms with van der Waals surface area (Å²) in [6.07, 6.45) is 4.01. The van der Waals surface area contributed by atoms with Gasteiger partial charge in [-0.2, -0.15) is 0 Å². The summed E-state index contributed by atoms with van der Waals surface area (Å²) in [7, 11) is 0. The first-order chi connectivity index (χ1) is 7.71. The molecule has 2 rings (SSSR count). The van der Waals surface area contributed by atoms with Crippen LogP contribution in [-0.4, -0.2) is 9.97 Å². The third kappa shape index (κ3) is 2.08. The smallest absolute Gasteiger partial charge is 0.0882 e. The van der Waals surface area contributed by atoms with Gasteiger partial charge in [0.1, 0.15) is 0 Å². The largest absolute Gasteiger partial charge is 0.360 e. The number of nitrogens with one attached hydrogen (secondary N) is 1. The lowest BCUT2D eigenvalue weighted by molar-refractivity contribution is 0.532. The van der Waals surface area contributed by atoms with Crippen molar-refractivity contribution in [3.8, 4) is 0 Å². The minimum Gasteiger partial charge on any atom is -0.360 e. The first-order valence-electron chi connectivity index (χ1n) is 6.18. The van der Waals surface area contributed by atoms with Crippen LogP contribution in [0.1, 0.15) is 52.7 Å². The third-order valence-electron chi connectivity index (χ3n) is 3.14. The molecule has 0 spiro atoms. The van der Waals surface area contributed by atoms with E-state index < -0.39 is 0 Å². The van der Waals surface area contributed by atoms with Gasteiger partial charge in [0, 0.05) is 12.4 Å². The van der Waals surface area contributed by atoms with Crippen LogP contribution in [0, 0.1) is 0 Å². The van der Waals surface area contributed by atoms with Crippen molar-refractivity contribution in [3.63, 3.8) is 0 Å². The molecule has 2 heteroatoms. The molecule has 0 aliphatic rings. The minimum atomic E-state index is 0.120. The summed E-state index contributed by atoms with van der Waals surface area (Å²) < 4.78 is 0. The average molecular weight is 230 g/mol. The van der Waals surface area contributed by atoms with E-state index in [0.29, 0.717) is 0 Å². The second-order valence-corrected chi connectivity index (χ2v) is 6.78. The van der Waals surface area contributed by atoms with Gasteiger partial charge in [-0.05, 0) is 28.0 Å². The molecule has 2 nitrogen and oxygen atoms in total. The summed E-state index contributed by atoms with van der Waals surface area (Å²) in [6, 6.07) is 2.04. The number of H-pyrrole nitrogens is 1. The van der Waals surface area contributed by atoms with Crippen molar-refractivity contribution >= 4 is 11.0 Å². The Morgan fingerprint density at radius 2 is 1.65 bits per heavy atom. The number of aromatic nitrogens is 2. The second-order valence-electron chi connectivity index (χ2n) is 6.78. The second kappa shape index (κ2) is 3.59. The molecule has 0 aliphatic heterocycles. The van der Waals surface area contributed by atoms with E-state index in [1.807, 2.05) is 18.5 Å². The lowest BCUT2D eigenvalue weighted by Gasteiger charge is -2.30. The third-order valence-corrected chi connectivity index (χ3v) is 3.14. The molecule has 0 bridgehead atoms. The van der Waals surface area contributed by atoms with Crippen LogP contribution in [-0.2, 0) is 10.8 Å². The van der Waals surface area contributed by atoms with Crippen molar-refractivity contribution in [2.75, 3.05) is 0 Å². The fourth-order valence-electron chi connectivity index (χ4n) is 2.35. The predicted molar refractivity (Wildman–Crippen MR) is 73.5 cm³/mol. The molecule has 92 valence electrons. The zero-order valence-electron chi connectivity index (χ0n) is 11.7. The fourth-order valence-corrected chi connectivity index (χ4v) is 2.35. The molecule has 0 saturated heterocycles. The van der Waals surface area contributed by atoms with Crippen LogP contribution in [0.15, 0.2) is 18.5 Å². The number of fused-ring (bicyclic) bond motifs is 1. The predicted octanol–water partition coefficient (Wildman–Crippen LogP) is 4.16. The molecule has 0 aliphatic carbocycles. The minimum absolute atomic E-state index is 0.120. The topological polar surface area (TPSA) is 28.7 Å². The van der Waals surface area contributed by atoms with Gasteiger partial charge in [-0.1, -0.05) is 41.5 Å². The van der Waals surface area contributed by atoms with Crippen LogP contribution in [0.25, 0.3) is 11.0 Å². The highest BCUT2D eigenvalue weighted by Crippen LogP contribution is 2.37. The average Bonchev–Trinajstić information content (AvgIpc) is 2.59. The van der Waals surface area contributed by atoms with Gasteiger partial charge < -0.3 is 4.98 Å². The van der Waals surface area contributed by atoms with Gasteiger partial charge in [0.2, 0.25) is 0 Å². The normalized spacial score (nSPS) is 13.3. The molecule has 0 saturated carbocycles. The van der Waals surface area contributed by atoms with Gasteiger partial charge in [0.05, 0.1) is 11.0 Å². The number of nitrogens with zero attached hydrogens (tertiary/aromatic N) is 1. The van der Waals surface area contributed by atoms with Crippen LogP contribution in [0.4, 0.5) is 0 Å². The Balaban J connectivity index is 2.85. The molecular weight excluding hydrogens is 208 g/mol. The Bertz CT molecular complexity index is 536. The zero-order valence-corrected chi connectivity index (χ0v) is 11.7. The maximum Gasteiger partial charge on any atom is 0.0882 e. The summed E-state index contributed by atoms with van der Waals surface area (Å²) >= 11 is 0. The number of rotatable bonds is 0. The van der Waals surface area contributed by atoms with Gasteiger partial charge in [-0.15, -0.1) is 0 Å². The SMILES string of the molecule is CC(C)(C)c1cnc2cc[nH]c2c1C(C)(C)C. The molecule has 2 aromatic heterocycles. The van der Waals surface area contributed by atoms with Crippen molar-refractivity contribution in [1.29, 1.82) is 0 Å². The Morgan fingerprint density at radius 1 is 1.00 bits per heavy atom. The monoisotopic (exact) mass is 230 g/mol. The van der Waals surface area contributed by atoms with Gasteiger partial charge in [0.15, 0.2) is 0 Å². The Kier molecular flexibility index (Phi) is 2.57. The van der Waals surface area contributed by atoms with E-state index in [2.05, 4.69) is 51.5 Å². The quantitative estimate of drug-likeness (QED) is 0.723. The van der Waals surface area contributed by atoms with E-state index in [0.717, 1.165) is 5.52 Å². The van der Waals surface area contributed by atoms with Crippen LogP contribution in [0.5, 0.6) is 0 Å². The molecule has 0 atom stereocenters. The molecule has 2 heterocycles. The van der Waals surface area contributed by atoms with Crippen LogP contribution in [0.2, 0.25) is 0 Å². The maximum atomic E-state index is 4.55. The number of hydrogen-bond donors (Lipinski definition) is 1. The summed E-state index contributed by atoms with van der Waals surface area (Å²) in [5.41, 5.74) is 5.21. The van der Waals surface area contributed by atoms with Crippen LogP contribution >= 0.6 is 0 Å². The first-order valence-corrected chi connectivity index (χ1v) is 6.18. The van der Waals surface area contributed by atoms with Gasteiger partial charge in [-0.3, -0.25) is 4.98 Å². The van der Waals surface area contributed by atoms with E-state index in [9.17, 15) is 0 Å².